The normalized spacial score (nSPS) is 11.0. The van der Waals surface area contributed by atoms with E-state index < -0.39 is 0 Å². The Balaban J connectivity index is 1.53. The number of esters is 1. The van der Waals surface area contributed by atoms with Crippen LogP contribution >= 0.6 is 0 Å². The SMILES string of the molecule is CCCCCCCCOC(=O)CCc1ccccc1-c1cccc2n[nH]nc12. The molecule has 0 fully saturated rings. The van der Waals surface area contributed by atoms with Gasteiger partial charge in [0.05, 0.1) is 6.61 Å². The minimum atomic E-state index is -0.122. The number of H-pyrrole nitrogens is 1. The van der Waals surface area contributed by atoms with Crippen molar-refractivity contribution in [1.82, 2.24) is 15.4 Å². The van der Waals surface area contributed by atoms with E-state index in [2.05, 4.69) is 34.5 Å². The summed E-state index contributed by atoms with van der Waals surface area (Å²) in [6, 6.07) is 14.1. The topological polar surface area (TPSA) is 67.9 Å². The highest BCUT2D eigenvalue weighted by atomic mass is 16.5. The highest BCUT2D eigenvalue weighted by molar-refractivity contribution is 5.92. The van der Waals surface area contributed by atoms with E-state index in [0.717, 1.165) is 40.6 Å². The van der Waals surface area contributed by atoms with Crippen molar-refractivity contribution in [1.29, 1.82) is 0 Å². The largest absolute Gasteiger partial charge is 0.466 e. The van der Waals surface area contributed by atoms with Crippen LogP contribution in [-0.4, -0.2) is 28.0 Å². The first-order valence-electron chi connectivity index (χ1n) is 10.3. The number of hydrogen-bond acceptors (Lipinski definition) is 4. The Labute approximate surface area is 166 Å². The number of unbranched alkanes of at least 4 members (excludes halogenated alkanes) is 5. The van der Waals surface area contributed by atoms with Crippen LogP contribution in [0.4, 0.5) is 0 Å². The van der Waals surface area contributed by atoms with Crippen LogP contribution in [0.1, 0.15) is 57.4 Å². The van der Waals surface area contributed by atoms with E-state index >= 15 is 0 Å². The second-order valence-corrected chi connectivity index (χ2v) is 7.14. The Morgan fingerprint density at radius 1 is 0.929 bits per heavy atom. The second-order valence-electron chi connectivity index (χ2n) is 7.14. The molecule has 1 heterocycles. The van der Waals surface area contributed by atoms with Crippen molar-refractivity contribution < 1.29 is 9.53 Å². The minimum absolute atomic E-state index is 0.122. The van der Waals surface area contributed by atoms with Crippen LogP contribution in [-0.2, 0) is 16.0 Å². The molecule has 0 aliphatic rings. The third kappa shape index (κ3) is 5.41. The molecule has 5 heteroatoms. The zero-order valence-corrected chi connectivity index (χ0v) is 16.6. The number of aryl methyl sites for hydroxylation is 1. The first-order valence-corrected chi connectivity index (χ1v) is 10.3. The maximum Gasteiger partial charge on any atom is 0.306 e. The summed E-state index contributed by atoms with van der Waals surface area (Å²) in [6.45, 7) is 2.75. The van der Waals surface area contributed by atoms with Crippen molar-refractivity contribution in [2.75, 3.05) is 6.61 Å². The molecule has 3 aromatic rings. The molecular weight excluding hydrogens is 350 g/mol. The van der Waals surface area contributed by atoms with Gasteiger partial charge in [-0.2, -0.15) is 15.4 Å². The summed E-state index contributed by atoms with van der Waals surface area (Å²) in [5.74, 6) is -0.122. The zero-order chi connectivity index (χ0) is 19.6. The lowest BCUT2D eigenvalue weighted by Crippen LogP contribution is -2.07. The van der Waals surface area contributed by atoms with Crippen molar-refractivity contribution in [3.8, 4) is 11.1 Å². The van der Waals surface area contributed by atoms with Crippen LogP contribution in [0.5, 0.6) is 0 Å². The second kappa shape index (κ2) is 10.6. The highest BCUT2D eigenvalue weighted by Crippen LogP contribution is 2.29. The monoisotopic (exact) mass is 379 g/mol. The smallest absolute Gasteiger partial charge is 0.306 e. The number of nitrogens with zero attached hydrogens (tertiary/aromatic N) is 2. The van der Waals surface area contributed by atoms with Gasteiger partial charge in [-0.15, -0.1) is 0 Å². The number of carbonyl (C=O) groups excluding carboxylic acids is 1. The van der Waals surface area contributed by atoms with E-state index in [9.17, 15) is 4.79 Å². The summed E-state index contributed by atoms with van der Waals surface area (Å²) in [5.41, 5.74) is 4.92. The molecule has 0 saturated heterocycles. The van der Waals surface area contributed by atoms with Crippen LogP contribution in [0.2, 0.25) is 0 Å². The molecule has 148 valence electrons. The lowest BCUT2D eigenvalue weighted by molar-refractivity contribution is -0.143. The third-order valence-electron chi connectivity index (χ3n) is 5.01. The first kappa shape index (κ1) is 20.1. The van der Waals surface area contributed by atoms with Gasteiger partial charge >= 0.3 is 5.97 Å². The van der Waals surface area contributed by atoms with E-state index in [0.29, 0.717) is 19.4 Å². The van der Waals surface area contributed by atoms with Gasteiger partial charge in [-0.3, -0.25) is 4.79 Å². The Kier molecular flexibility index (Phi) is 7.59. The molecule has 0 atom stereocenters. The summed E-state index contributed by atoms with van der Waals surface area (Å²) < 4.78 is 5.41. The average molecular weight is 380 g/mol. The number of para-hydroxylation sites is 1. The molecule has 3 rings (SSSR count). The Bertz CT molecular complexity index is 888. The Morgan fingerprint density at radius 2 is 1.71 bits per heavy atom. The standard InChI is InChI=1S/C23H29N3O2/c1-2-3-4-5-6-9-17-28-22(27)16-15-18-11-7-8-12-19(18)20-13-10-14-21-23(20)25-26-24-21/h7-8,10-14H,2-6,9,15-17H2,1H3,(H,24,25,26). The number of aromatic amines is 1. The molecular formula is C23H29N3O2. The number of benzene rings is 2. The molecule has 0 aliphatic heterocycles. The number of nitrogens with one attached hydrogen (secondary N) is 1. The molecule has 0 bridgehead atoms. The maximum atomic E-state index is 12.1. The summed E-state index contributed by atoms with van der Waals surface area (Å²) in [7, 11) is 0. The number of fused-ring (bicyclic) bond motifs is 1. The van der Waals surface area contributed by atoms with Gasteiger partial charge in [-0.05, 0) is 30.0 Å². The third-order valence-corrected chi connectivity index (χ3v) is 5.01. The predicted octanol–water partition coefficient (Wildman–Crippen LogP) is 5.46. The fourth-order valence-corrected chi connectivity index (χ4v) is 3.46. The molecule has 0 radical (unpaired) electrons. The Hall–Kier alpha value is -2.69. The van der Waals surface area contributed by atoms with Crippen molar-refractivity contribution in [3.63, 3.8) is 0 Å². The van der Waals surface area contributed by atoms with Gasteiger partial charge in [0.1, 0.15) is 11.0 Å². The van der Waals surface area contributed by atoms with E-state index in [4.69, 9.17) is 4.74 Å². The zero-order valence-electron chi connectivity index (χ0n) is 16.6. The average Bonchev–Trinajstić information content (AvgIpc) is 3.21. The van der Waals surface area contributed by atoms with Crippen molar-refractivity contribution >= 4 is 17.0 Å². The van der Waals surface area contributed by atoms with E-state index in [1.54, 1.807) is 0 Å². The summed E-state index contributed by atoms with van der Waals surface area (Å²) in [6.07, 6.45) is 8.19. The lowest BCUT2D eigenvalue weighted by atomic mass is 9.96. The maximum absolute atomic E-state index is 12.1. The first-order chi connectivity index (χ1) is 13.8. The fourth-order valence-electron chi connectivity index (χ4n) is 3.46. The van der Waals surface area contributed by atoms with Crippen LogP contribution in [0.25, 0.3) is 22.2 Å². The lowest BCUT2D eigenvalue weighted by Gasteiger charge is -2.10. The van der Waals surface area contributed by atoms with E-state index in [1.807, 2.05) is 30.3 Å². The minimum Gasteiger partial charge on any atom is -0.466 e. The van der Waals surface area contributed by atoms with Gasteiger partial charge < -0.3 is 4.74 Å². The quantitative estimate of drug-likeness (QED) is 0.355. The van der Waals surface area contributed by atoms with Gasteiger partial charge in [-0.1, -0.05) is 75.4 Å². The highest BCUT2D eigenvalue weighted by Gasteiger charge is 2.12. The molecule has 1 aromatic heterocycles. The summed E-state index contributed by atoms with van der Waals surface area (Å²) in [5, 5.41) is 11.1. The molecule has 0 aliphatic carbocycles. The van der Waals surface area contributed by atoms with Crippen molar-refractivity contribution in [3.05, 3.63) is 48.0 Å². The van der Waals surface area contributed by atoms with Gasteiger partial charge in [-0.25, -0.2) is 0 Å². The molecule has 0 unspecified atom stereocenters. The molecule has 1 N–H and O–H groups in total. The molecule has 0 amide bonds. The van der Waals surface area contributed by atoms with Crippen LogP contribution in [0.3, 0.4) is 0 Å². The van der Waals surface area contributed by atoms with Crippen LogP contribution in [0, 0.1) is 0 Å². The number of hydrogen-bond donors (Lipinski definition) is 1. The van der Waals surface area contributed by atoms with E-state index in [1.165, 1.54) is 25.7 Å². The molecule has 28 heavy (non-hydrogen) atoms. The van der Waals surface area contributed by atoms with E-state index in [-0.39, 0.29) is 5.97 Å². The van der Waals surface area contributed by atoms with Crippen LogP contribution < -0.4 is 0 Å². The van der Waals surface area contributed by atoms with Gasteiger partial charge in [0.15, 0.2) is 0 Å². The molecule has 0 saturated carbocycles. The Morgan fingerprint density at radius 3 is 2.61 bits per heavy atom. The van der Waals surface area contributed by atoms with Gasteiger partial charge in [0.2, 0.25) is 0 Å². The summed E-state index contributed by atoms with van der Waals surface area (Å²) >= 11 is 0. The molecule has 5 nitrogen and oxygen atoms in total. The van der Waals surface area contributed by atoms with Gasteiger partial charge in [0, 0.05) is 12.0 Å². The number of aromatic nitrogens is 3. The van der Waals surface area contributed by atoms with Crippen LogP contribution in [0.15, 0.2) is 42.5 Å². The van der Waals surface area contributed by atoms with Gasteiger partial charge in [0.25, 0.3) is 0 Å². The molecule has 2 aromatic carbocycles. The fraction of sp³-hybridized carbons (Fsp3) is 0.435. The van der Waals surface area contributed by atoms with Crippen molar-refractivity contribution in [2.45, 2.75) is 58.3 Å². The number of ether oxygens (including phenoxy) is 1. The predicted molar refractivity (Wildman–Crippen MR) is 112 cm³/mol. The van der Waals surface area contributed by atoms with Crippen molar-refractivity contribution in [2.24, 2.45) is 0 Å². The summed E-state index contributed by atoms with van der Waals surface area (Å²) in [4.78, 5) is 12.1. The number of rotatable bonds is 11. The molecule has 0 spiro atoms. The number of carbonyl (C=O) groups is 1.